The van der Waals surface area contributed by atoms with Crippen molar-refractivity contribution in [3.05, 3.63) is 390 Å². The highest BCUT2D eigenvalue weighted by molar-refractivity contribution is 6.23. The Kier molecular flexibility index (Phi) is 12.0. The van der Waals surface area contributed by atoms with Gasteiger partial charge in [-0.15, -0.1) is 0 Å². The minimum absolute atomic E-state index is 0.632. The van der Waals surface area contributed by atoms with Gasteiger partial charge in [-0.25, -0.2) is 0 Å². The standard InChI is InChI=1S/C86H58N2/c1-7-29-58(30-8-1)60-55-59-31-19-20-42-66(59)75(56-60)82-69-45-25-43-67(71-47-27-51-78-83(71)87-80-53-23-21-49-76(80)85(78,61-32-9-2-10-33-61)62-34-11-3-12-35-62)73(69)57-74-68(44-26-46-70(74)82)72-48-28-52-79-84(72)88(65-40-17-6-18-41-65)81-54-24-22-50-77(81)86(79,63-36-13-4-14-37-63)64-38-15-5-16-39-64/h1-57,87H. The zero-order valence-corrected chi connectivity index (χ0v) is 48.4. The van der Waals surface area contributed by atoms with Crippen LogP contribution in [0.5, 0.6) is 0 Å². The number of fused-ring (bicyclic) bond motifs is 7. The quantitative estimate of drug-likeness (QED) is 0.145. The Morgan fingerprint density at radius 2 is 0.705 bits per heavy atom. The van der Waals surface area contributed by atoms with Gasteiger partial charge in [0.15, 0.2) is 0 Å². The number of para-hydroxylation sites is 5. The van der Waals surface area contributed by atoms with Crippen LogP contribution < -0.4 is 10.2 Å². The molecule has 15 aromatic carbocycles. The molecule has 1 N–H and O–H groups in total. The Bertz CT molecular complexity index is 5080. The van der Waals surface area contributed by atoms with Crippen LogP contribution in [0, 0.1) is 0 Å². The van der Waals surface area contributed by atoms with Gasteiger partial charge in [0.05, 0.1) is 27.9 Å². The van der Waals surface area contributed by atoms with Crippen molar-refractivity contribution in [2.24, 2.45) is 0 Å². The average Bonchev–Trinajstić information content (AvgIpc) is 0.754. The van der Waals surface area contributed by atoms with E-state index in [0.717, 1.165) is 50.7 Å². The molecular formula is C86H58N2. The number of nitrogens with zero attached hydrogens (tertiary/aromatic N) is 1. The molecule has 0 bridgehead atoms. The molecule has 88 heavy (non-hydrogen) atoms. The number of nitrogens with one attached hydrogen (secondary N) is 1. The molecule has 412 valence electrons. The lowest BCUT2D eigenvalue weighted by Crippen LogP contribution is -2.38. The van der Waals surface area contributed by atoms with Crippen LogP contribution in [0.3, 0.4) is 0 Å². The van der Waals surface area contributed by atoms with Gasteiger partial charge in [0.2, 0.25) is 0 Å². The van der Waals surface area contributed by atoms with Gasteiger partial charge in [-0.05, 0) is 153 Å². The van der Waals surface area contributed by atoms with E-state index < -0.39 is 10.8 Å². The molecule has 0 saturated heterocycles. The number of benzene rings is 15. The fraction of sp³-hybridized carbons (Fsp3) is 0.0233. The largest absolute Gasteiger partial charge is 0.354 e. The molecule has 17 rings (SSSR count). The van der Waals surface area contributed by atoms with Crippen LogP contribution in [0.2, 0.25) is 0 Å². The van der Waals surface area contributed by atoms with Crippen molar-refractivity contribution >= 4 is 60.8 Å². The lowest BCUT2D eigenvalue weighted by molar-refractivity contribution is 0.731. The number of hydrogen-bond acceptors (Lipinski definition) is 2. The van der Waals surface area contributed by atoms with Crippen molar-refractivity contribution in [2.45, 2.75) is 10.8 Å². The maximum absolute atomic E-state index is 4.13. The molecule has 2 heterocycles. The summed E-state index contributed by atoms with van der Waals surface area (Å²) in [6, 6.07) is 129. The summed E-state index contributed by atoms with van der Waals surface area (Å²) in [6.45, 7) is 0. The highest BCUT2D eigenvalue weighted by atomic mass is 15.2. The molecule has 0 amide bonds. The van der Waals surface area contributed by atoms with Crippen LogP contribution >= 0.6 is 0 Å². The first-order chi connectivity index (χ1) is 43.7. The molecule has 0 atom stereocenters. The molecule has 0 saturated carbocycles. The molecular weight excluding hydrogens is 1060 g/mol. The van der Waals surface area contributed by atoms with Crippen LogP contribution in [-0.2, 0) is 10.8 Å². The third-order valence-electron chi connectivity index (χ3n) is 19.0. The van der Waals surface area contributed by atoms with Gasteiger partial charge in [-0.2, -0.15) is 0 Å². The Labute approximate surface area is 513 Å². The summed E-state index contributed by atoms with van der Waals surface area (Å²) in [6.07, 6.45) is 0. The maximum atomic E-state index is 4.13. The van der Waals surface area contributed by atoms with Gasteiger partial charge in [-0.3, -0.25) is 0 Å². The van der Waals surface area contributed by atoms with E-state index >= 15 is 0 Å². The van der Waals surface area contributed by atoms with Gasteiger partial charge >= 0.3 is 0 Å². The van der Waals surface area contributed by atoms with Crippen molar-refractivity contribution in [1.82, 2.24) is 0 Å². The fourth-order valence-electron chi connectivity index (χ4n) is 15.4. The van der Waals surface area contributed by atoms with Crippen LogP contribution in [0.4, 0.5) is 28.4 Å². The van der Waals surface area contributed by atoms with Crippen LogP contribution in [0.1, 0.15) is 44.5 Å². The van der Waals surface area contributed by atoms with Crippen molar-refractivity contribution in [1.29, 1.82) is 0 Å². The molecule has 0 spiro atoms. The number of anilines is 5. The normalized spacial score (nSPS) is 13.5. The summed E-state index contributed by atoms with van der Waals surface area (Å²) >= 11 is 0. The third-order valence-corrected chi connectivity index (χ3v) is 19.0. The van der Waals surface area contributed by atoms with E-state index in [2.05, 4.69) is 356 Å². The average molecular weight is 1120 g/mol. The van der Waals surface area contributed by atoms with E-state index in [1.54, 1.807) is 0 Å². The second-order valence-corrected chi connectivity index (χ2v) is 23.4. The smallest absolute Gasteiger partial charge is 0.0742 e. The summed E-state index contributed by atoms with van der Waals surface area (Å²) in [7, 11) is 0. The second-order valence-electron chi connectivity index (χ2n) is 23.4. The van der Waals surface area contributed by atoms with Crippen molar-refractivity contribution in [3.63, 3.8) is 0 Å². The summed E-state index contributed by atoms with van der Waals surface area (Å²) in [4.78, 5) is 2.54. The molecule has 2 aliphatic heterocycles. The third kappa shape index (κ3) is 7.69. The summed E-state index contributed by atoms with van der Waals surface area (Å²) < 4.78 is 0. The predicted molar refractivity (Wildman–Crippen MR) is 369 cm³/mol. The zero-order valence-electron chi connectivity index (χ0n) is 48.4. The lowest BCUT2D eigenvalue weighted by atomic mass is 9.62. The second kappa shape index (κ2) is 20.7. The molecule has 0 aromatic heterocycles. The highest BCUT2D eigenvalue weighted by Crippen LogP contribution is 2.61. The molecule has 0 radical (unpaired) electrons. The summed E-state index contributed by atoms with van der Waals surface area (Å²) in [5, 5.41) is 11.2. The number of hydrogen-bond donors (Lipinski definition) is 1. The molecule has 2 nitrogen and oxygen atoms in total. The molecule has 15 aromatic rings. The first-order valence-corrected chi connectivity index (χ1v) is 30.6. The van der Waals surface area contributed by atoms with Gasteiger partial charge in [0.25, 0.3) is 0 Å². The van der Waals surface area contributed by atoms with E-state index in [0.29, 0.717) is 0 Å². The van der Waals surface area contributed by atoms with E-state index in [4.69, 9.17) is 0 Å². The molecule has 2 aliphatic rings. The van der Waals surface area contributed by atoms with E-state index in [9.17, 15) is 0 Å². The number of rotatable bonds is 9. The van der Waals surface area contributed by atoms with E-state index in [1.165, 1.54) is 99.1 Å². The fourth-order valence-corrected chi connectivity index (χ4v) is 15.4. The van der Waals surface area contributed by atoms with E-state index in [1.807, 2.05) is 0 Å². The minimum atomic E-state index is -0.686. The molecule has 0 fully saturated rings. The predicted octanol–water partition coefficient (Wildman–Crippen LogP) is 22.4. The highest BCUT2D eigenvalue weighted by Gasteiger charge is 2.48. The topological polar surface area (TPSA) is 15.3 Å². The Morgan fingerprint density at radius 1 is 0.261 bits per heavy atom. The Hall–Kier alpha value is -11.3. The molecule has 0 aliphatic carbocycles. The summed E-state index contributed by atoms with van der Waals surface area (Å²) in [5.41, 5.74) is 23.3. The van der Waals surface area contributed by atoms with Crippen molar-refractivity contribution in [3.8, 4) is 44.5 Å². The summed E-state index contributed by atoms with van der Waals surface area (Å²) in [5.74, 6) is 0. The van der Waals surface area contributed by atoms with E-state index in [-0.39, 0.29) is 0 Å². The first-order valence-electron chi connectivity index (χ1n) is 30.6. The Balaban J connectivity index is 1.01. The maximum Gasteiger partial charge on any atom is 0.0742 e. The van der Waals surface area contributed by atoms with Crippen molar-refractivity contribution in [2.75, 3.05) is 10.2 Å². The van der Waals surface area contributed by atoms with Gasteiger partial charge in [0.1, 0.15) is 0 Å². The lowest BCUT2D eigenvalue weighted by Gasteiger charge is -2.47. The van der Waals surface area contributed by atoms with Crippen LogP contribution in [0.15, 0.2) is 346 Å². The Morgan fingerprint density at radius 3 is 1.33 bits per heavy atom. The zero-order chi connectivity index (χ0) is 58.2. The SMILES string of the molecule is c1ccc(-c2cc(-c3c4cccc(-c5cccc6c5Nc5ccccc5C6(c5ccccc5)c5ccccc5)c4cc4c(-c5cccc6c5N(c5ccccc5)c5ccccc5C6(c5ccccc5)c5ccccc5)cccc34)c3ccccc3c2)cc1. The van der Waals surface area contributed by atoms with Crippen LogP contribution in [0.25, 0.3) is 76.8 Å². The van der Waals surface area contributed by atoms with Gasteiger partial charge in [-0.1, -0.05) is 303 Å². The minimum Gasteiger partial charge on any atom is -0.354 e. The molecule has 2 heteroatoms. The molecule has 0 unspecified atom stereocenters. The van der Waals surface area contributed by atoms with Crippen molar-refractivity contribution < 1.29 is 0 Å². The van der Waals surface area contributed by atoms with Gasteiger partial charge in [0, 0.05) is 22.5 Å². The van der Waals surface area contributed by atoms with Crippen LogP contribution in [-0.4, -0.2) is 0 Å². The first kappa shape index (κ1) is 51.1. The monoisotopic (exact) mass is 1120 g/mol. The van der Waals surface area contributed by atoms with Gasteiger partial charge < -0.3 is 10.2 Å².